The summed E-state index contributed by atoms with van der Waals surface area (Å²) in [7, 11) is 3.30. The van der Waals surface area contributed by atoms with Crippen LogP contribution in [0.2, 0.25) is 0 Å². The Labute approximate surface area is 188 Å². The van der Waals surface area contributed by atoms with E-state index in [1.165, 1.54) is 6.26 Å². The zero-order valence-electron chi connectivity index (χ0n) is 19.0. The minimum Gasteiger partial charge on any atom is -0.497 e. The molecule has 2 aromatic heterocycles. The fourth-order valence-electron chi connectivity index (χ4n) is 3.29. The molecule has 3 aromatic rings. The molecule has 2 heterocycles. The second kappa shape index (κ2) is 11.3. The summed E-state index contributed by atoms with van der Waals surface area (Å²) >= 11 is 0. The molecule has 3 rings (SSSR count). The summed E-state index contributed by atoms with van der Waals surface area (Å²) in [5, 5.41) is 2.85. The van der Waals surface area contributed by atoms with E-state index in [1.54, 1.807) is 26.6 Å². The number of methoxy groups -OCH3 is 2. The van der Waals surface area contributed by atoms with Crippen molar-refractivity contribution in [1.29, 1.82) is 0 Å². The lowest BCUT2D eigenvalue weighted by molar-refractivity contribution is 0.0945. The Balaban J connectivity index is 1.69. The lowest BCUT2D eigenvalue weighted by Crippen LogP contribution is -2.32. The molecule has 0 aliphatic heterocycles. The fourth-order valence-corrected chi connectivity index (χ4v) is 3.29. The van der Waals surface area contributed by atoms with Gasteiger partial charge in [-0.25, -0.2) is 4.98 Å². The number of amides is 1. The van der Waals surface area contributed by atoms with E-state index >= 15 is 0 Å². The number of rotatable bonds is 11. The van der Waals surface area contributed by atoms with Crippen molar-refractivity contribution in [2.75, 3.05) is 14.2 Å². The molecule has 1 amide bonds. The zero-order valence-corrected chi connectivity index (χ0v) is 19.0. The van der Waals surface area contributed by atoms with Crippen LogP contribution in [0.15, 0.2) is 53.4 Å². The van der Waals surface area contributed by atoms with E-state index in [0.29, 0.717) is 25.5 Å². The molecule has 170 valence electrons. The number of carbonyl (C=O) groups excluding carboxylic acids is 1. The maximum absolute atomic E-state index is 12.5. The Morgan fingerprint density at radius 2 is 1.94 bits per heavy atom. The smallest absolute Gasteiger partial charge is 0.273 e. The van der Waals surface area contributed by atoms with Gasteiger partial charge < -0.3 is 19.2 Å². The van der Waals surface area contributed by atoms with Crippen LogP contribution in [0, 0.1) is 0 Å². The summed E-state index contributed by atoms with van der Waals surface area (Å²) in [5.41, 5.74) is 2.23. The highest BCUT2D eigenvalue weighted by atomic mass is 16.5. The Hall–Kier alpha value is -3.39. The third-order valence-corrected chi connectivity index (χ3v) is 5.40. The summed E-state index contributed by atoms with van der Waals surface area (Å²) in [6.45, 7) is 5.78. The molecule has 1 unspecified atom stereocenters. The monoisotopic (exact) mass is 438 g/mol. The number of nitrogens with one attached hydrogen (secondary N) is 1. The first kappa shape index (κ1) is 23.3. The van der Waals surface area contributed by atoms with E-state index in [4.69, 9.17) is 13.9 Å². The summed E-state index contributed by atoms with van der Waals surface area (Å²) in [6.07, 6.45) is 5.73. The van der Waals surface area contributed by atoms with E-state index in [9.17, 15) is 4.79 Å². The maximum atomic E-state index is 12.5. The molecule has 0 aliphatic rings. The van der Waals surface area contributed by atoms with Crippen molar-refractivity contribution < 1.29 is 18.7 Å². The van der Waals surface area contributed by atoms with Crippen LogP contribution in [0.1, 0.15) is 47.8 Å². The minimum atomic E-state index is -0.277. The van der Waals surface area contributed by atoms with Gasteiger partial charge in [-0.05, 0) is 49.2 Å². The molecule has 0 radical (unpaired) electrons. The molecule has 8 heteroatoms. The summed E-state index contributed by atoms with van der Waals surface area (Å²) in [6, 6.07) is 9.72. The SMILES string of the molecule is CCC(C)N(Cc1nc(C(=O)NCc2ccncc2)co1)Cc1cc(OC)ccc1OC. The Morgan fingerprint density at radius 1 is 1.16 bits per heavy atom. The van der Waals surface area contributed by atoms with Gasteiger partial charge in [-0.2, -0.15) is 0 Å². The van der Waals surface area contributed by atoms with Crippen molar-refractivity contribution >= 4 is 5.91 Å². The average Bonchev–Trinajstić information content (AvgIpc) is 3.30. The Bertz CT molecular complexity index is 1010. The first-order chi connectivity index (χ1) is 15.5. The number of aromatic nitrogens is 2. The summed E-state index contributed by atoms with van der Waals surface area (Å²) in [5.74, 6) is 1.78. The molecule has 32 heavy (non-hydrogen) atoms. The topological polar surface area (TPSA) is 89.7 Å². The first-order valence-electron chi connectivity index (χ1n) is 10.6. The summed E-state index contributed by atoms with van der Waals surface area (Å²) < 4.78 is 16.5. The molecule has 0 spiro atoms. The zero-order chi connectivity index (χ0) is 22.9. The van der Waals surface area contributed by atoms with Crippen LogP contribution in [0.25, 0.3) is 0 Å². The molecule has 0 saturated carbocycles. The molecule has 1 aromatic carbocycles. The molecule has 8 nitrogen and oxygen atoms in total. The van der Waals surface area contributed by atoms with Gasteiger partial charge in [0, 0.05) is 37.1 Å². The molecular weight excluding hydrogens is 408 g/mol. The van der Waals surface area contributed by atoms with Crippen molar-refractivity contribution in [3.63, 3.8) is 0 Å². The molecule has 0 saturated heterocycles. The lowest BCUT2D eigenvalue weighted by Gasteiger charge is -2.28. The predicted molar refractivity (Wildman–Crippen MR) is 120 cm³/mol. The molecule has 0 bridgehead atoms. The second-order valence-corrected chi connectivity index (χ2v) is 7.50. The second-order valence-electron chi connectivity index (χ2n) is 7.50. The number of hydrogen-bond acceptors (Lipinski definition) is 7. The van der Waals surface area contributed by atoms with E-state index in [0.717, 1.165) is 29.0 Å². The third kappa shape index (κ3) is 6.07. The molecule has 1 atom stereocenters. The van der Waals surface area contributed by atoms with Gasteiger partial charge in [-0.3, -0.25) is 14.7 Å². The summed E-state index contributed by atoms with van der Waals surface area (Å²) in [4.78, 5) is 23.1. The highest BCUT2D eigenvalue weighted by molar-refractivity contribution is 5.91. The number of pyridine rings is 1. The van der Waals surface area contributed by atoms with Crippen molar-refractivity contribution in [2.45, 2.75) is 45.9 Å². The van der Waals surface area contributed by atoms with Gasteiger partial charge in [0.25, 0.3) is 5.91 Å². The van der Waals surface area contributed by atoms with E-state index < -0.39 is 0 Å². The van der Waals surface area contributed by atoms with Crippen LogP contribution in [0.3, 0.4) is 0 Å². The van der Waals surface area contributed by atoms with Gasteiger partial charge >= 0.3 is 0 Å². The van der Waals surface area contributed by atoms with Crippen LogP contribution in [-0.2, 0) is 19.6 Å². The standard InChI is InChI=1S/C24H30N4O4/c1-5-17(2)28(14-19-12-20(30-3)6-7-22(19)31-4)15-23-27-21(16-32-23)24(29)26-13-18-8-10-25-11-9-18/h6-12,16-17H,5,13-15H2,1-4H3,(H,26,29). The fraction of sp³-hybridized carbons (Fsp3) is 0.375. The van der Waals surface area contributed by atoms with Gasteiger partial charge in [0.2, 0.25) is 5.89 Å². The third-order valence-electron chi connectivity index (χ3n) is 5.40. The first-order valence-corrected chi connectivity index (χ1v) is 10.6. The van der Waals surface area contributed by atoms with Crippen molar-refractivity contribution in [3.05, 3.63) is 71.7 Å². The Morgan fingerprint density at radius 3 is 2.62 bits per heavy atom. The van der Waals surface area contributed by atoms with Crippen molar-refractivity contribution in [3.8, 4) is 11.5 Å². The number of hydrogen-bond donors (Lipinski definition) is 1. The number of oxazole rings is 1. The average molecular weight is 439 g/mol. The number of ether oxygens (including phenoxy) is 2. The normalized spacial score (nSPS) is 11.9. The van der Waals surface area contributed by atoms with Gasteiger partial charge in [-0.15, -0.1) is 0 Å². The van der Waals surface area contributed by atoms with Gasteiger partial charge in [0.15, 0.2) is 5.69 Å². The number of carbonyl (C=O) groups is 1. The van der Waals surface area contributed by atoms with Crippen molar-refractivity contribution in [1.82, 2.24) is 20.2 Å². The molecule has 0 fully saturated rings. The van der Waals surface area contributed by atoms with E-state index in [1.807, 2.05) is 30.3 Å². The molecule has 0 aliphatic carbocycles. The predicted octanol–water partition coefficient (Wildman–Crippen LogP) is 3.82. The highest BCUT2D eigenvalue weighted by Crippen LogP contribution is 2.27. The van der Waals surface area contributed by atoms with E-state index in [2.05, 4.69) is 34.0 Å². The lowest BCUT2D eigenvalue weighted by atomic mass is 10.1. The van der Waals surface area contributed by atoms with Crippen molar-refractivity contribution in [2.24, 2.45) is 0 Å². The van der Waals surface area contributed by atoms with Crippen LogP contribution >= 0.6 is 0 Å². The van der Waals surface area contributed by atoms with Crippen LogP contribution in [0.5, 0.6) is 11.5 Å². The van der Waals surface area contributed by atoms with Crippen LogP contribution < -0.4 is 14.8 Å². The number of benzene rings is 1. The molecule has 1 N–H and O–H groups in total. The minimum absolute atomic E-state index is 0.261. The van der Waals surface area contributed by atoms with Crippen LogP contribution in [0.4, 0.5) is 0 Å². The van der Waals surface area contributed by atoms with Gasteiger partial charge in [0.1, 0.15) is 17.8 Å². The van der Waals surface area contributed by atoms with Crippen LogP contribution in [-0.4, -0.2) is 41.0 Å². The Kier molecular flexibility index (Phi) is 8.21. The number of nitrogens with zero attached hydrogens (tertiary/aromatic N) is 3. The largest absolute Gasteiger partial charge is 0.497 e. The quantitative estimate of drug-likeness (QED) is 0.487. The van der Waals surface area contributed by atoms with Gasteiger partial charge in [-0.1, -0.05) is 6.92 Å². The van der Waals surface area contributed by atoms with Gasteiger partial charge in [0.05, 0.1) is 20.8 Å². The highest BCUT2D eigenvalue weighted by Gasteiger charge is 2.20. The van der Waals surface area contributed by atoms with E-state index in [-0.39, 0.29) is 17.6 Å². The molecular formula is C24H30N4O4. The maximum Gasteiger partial charge on any atom is 0.273 e.